The summed E-state index contributed by atoms with van der Waals surface area (Å²) in [5.74, 6) is 0. The molecule has 0 aliphatic carbocycles. The van der Waals surface area contributed by atoms with Crippen LogP contribution in [0.2, 0.25) is 0 Å². The first kappa shape index (κ1) is 14.4. The fourth-order valence-corrected chi connectivity index (χ4v) is 2.37. The van der Waals surface area contributed by atoms with Crippen molar-refractivity contribution in [1.82, 2.24) is 4.98 Å². The molecule has 3 rings (SSSR count). The fraction of sp³-hybridized carbons (Fsp3) is 0.118. The van der Waals surface area contributed by atoms with Gasteiger partial charge in [-0.25, -0.2) is 0 Å². The minimum atomic E-state index is -4.42. The van der Waals surface area contributed by atoms with Crippen LogP contribution in [0, 0.1) is 6.92 Å². The molecule has 2 nitrogen and oxygen atoms in total. The largest absolute Gasteiger partial charge is 0.418 e. The van der Waals surface area contributed by atoms with Gasteiger partial charge in [-0.1, -0.05) is 30.3 Å². The maximum absolute atomic E-state index is 13.1. The second-order valence-corrected chi connectivity index (χ2v) is 5.00. The molecule has 22 heavy (non-hydrogen) atoms. The van der Waals surface area contributed by atoms with E-state index in [-0.39, 0.29) is 5.52 Å². The molecular formula is C17H13F3N2. The topological polar surface area (TPSA) is 24.9 Å². The van der Waals surface area contributed by atoms with Crippen LogP contribution in [0.4, 0.5) is 24.5 Å². The Bertz CT molecular complexity index is 825. The summed E-state index contributed by atoms with van der Waals surface area (Å²) in [5, 5.41) is 3.63. The number of aromatic nitrogens is 1. The van der Waals surface area contributed by atoms with Gasteiger partial charge in [0, 0.05) is 23.0 Å². The van der Waals surface area contributed by atoms with E-state index in [2.05, 4.69) is 10.3 Å². The van der Waals surface area contributed by atoms with Gasteiger partial charge in [-0.3, -0.25) is 4.98 Å². The maximum Gasteiger partial charge on any atom is 0.418 e. The summed E-state index contributed by atoms with van der Waals surface area (Å²) < 4.78 is 39.2. The summed E-state index contributed by atoms with van der Waals surface area (Å²) in [4.78, 5) is 3.91. The zero-order chi connectivity index (χ0) is 15.7. The number of hydrogen-bond acceptors (Lipinski definition) is 2. The van der Waals surface area contributed by atoms with Crippen molar-refractivity contribution in [3.63, 3.8) is 0 Å². The minimum absolute atomic E-state index is 0.0476. The standard InChI is InChI=1S/C17H13F3N2/c1-11-5-2-3-8-14(11)22-15-9-10-21-16-12(15)6-4-7-13(16)17(18,19)20/h2-10H,1H3,(H,21,22). The number of hydrogen-bond donors (Lipinski definition) is 1. The lowest BCUT2D eigenvalue weighted by atomic mass is 10.1. The second-order valence-electron chi connectivity index (χ2n) is 5.00. The SMILES string of the molecule is Cc1ccccc1Nc1ccnc2c(C(F)(F)F)cccc12. The molecule has 1 heterocycles. The number of halogens is 3. The summed E-state index contributed by atoms with van der Waals surface area (Å²) in [6, 6.07) is 13.4. The van der Waals surface area contributed by atoms with Gasteiger partial charge < -0.3 is 5.32 Å². The Hall–Kier alpha value is -2.56. The number of para-hydroxylation sites is 2. The van der Waals surface area contributed by atoms with Crippen LogP contribution in [0.1, 0.15) is 11.1 Å². The molecule has 0 aliphatic heterocycles. The highest BCUT2D eigenvalue weighted by Crippen LogP contribution is 2.36. The van der Waals surface area contributed by atoms with E-state index in [0.29, 0.717) is 11.1 Å². The summed E-state index contributed by atoms with van der Waals surface area (Å²) in [5.41, 5.74) is 1.70. The Kier molecular flexibility index (Phi) is 3.48. The lowest BCUT2D eigenvalue weighted by molar-refractivity contribution is -0.136. The van der Waals surface area contributed by atoms with Gasteiger partial charge in [0.05, 0.1) is 11.1 Å². The lowest BCUT2D eigenvalue weighted by Gasteiger charge is -2.14. The predicted octanol–water partition coefficient (Wildman–Crippen LogP) is 5.31. The van der Waals surface area contributed by atoms with Crippen molar-refractivity contribution in [1.29, 1.82) is 0 Å². The highest BCUT2D eigenvalue weighted by molar-refractivity contribution is 5.95. The van der Waals surface area contributed by atoms with Crippen molar-refractivity contribution < 1.29 is 13.2 Å². The Morgan fingerprint density at radius 2 is 1.68 bits per heavy atom. The van der Waals surface area contributed by atoms with Crippen molar-refractivity contribution >= 4 is 22.3 Å². The minimum Gasteiger partial charge on any atom is -0.355 e. The normalized spacial score (nSPS) is 11.6. The molecule has 5 heteroatoms. The predicted molar refractivity (Wildman–Crippen MR) is 81.2 cm³/mol. The van der Waals surface area contributed by atoms with Crippen LogP contribution in [-0.4, -0.2) is 4.98 Å². The van der Waals surface area contributed by atoms with E-state index < -0.39 is 11.7 Å². The number of nitrogens with zero attached hydrogens (tertiary/aromatic N) is 1. The number of rotatable bonds is 2. The molecule has 0 radical (unpaired) electrons. The first-order valence-corrected chi connectivity index (χ1v) is 6.74. The van der Waals surface area contributed by atoms with Gasteiger partial charge in [0.2, 0.25) is 0 Å². The molecule has 0 bridgehead atoms. The van der Waals surface area contributed by atoms with Gasteiger partial charge in [0.1, 0.15) is 0 Å². The smallest absolute Gasteiger partial charge is 0.355 e. The third-order valence-electron chi connectivity index (χ3n) is 3.49. The van der Waals surface area contributed by atoms with E-state index in [4.69, 9.17) is 0 Å². The molecule has 0 amide bonds. The van der Waals surface area contributed by atoms with E-state index in [1.165, 1.54) is 12.3 Å². The van der Waals surface area contributed by atoms with E-state index in [9.17, 15) is 13.2 Å². The first-order valence-electron chi connectivity index (χ1n) is 6.74. The van der Waals surface area contributed by atoms with E-state index in [1.54, 1.807) is 12.1 Å². The lowest BCUT2D eigenvalue weighted by Crippen LogP contribution is -2.07. The zero-order valence-electron chi connectivity index (χ0n) is 11.8. The van der Waals surface area contributed by atoms with Crippen molar-refractivity contribution in [3.05, 3.63) is 65.9 Å². The number of pyridine rings is 1. The number of aryl methyl sites for hydroxylation is 1. The van der Waals surface area contributed by atoms with Gasteiger partial charge >= 0.3 is 6.18 Å². The van der Waals surface area contributed by atoms with Gasteiger partial charge in [-0.05, 0) is 30.7 Å². The van der Waals surface area contributed by atoms with Crippen molar-refractivity contribution in [2.24, 2.45) is 0 Å². The Morgan fingerprint density at radius 3 is 2.41 bits per heavy atom. The zero-order valence-corrected chi connectivity index (χ0v) is 11.8. The maximum atomic E-state index is 13.1. The van der Waals surface area contributed by atoms with Crippen molar-refractivity contribution in [3.8, 4) is 0 Å². The van der Waals surface area contributed by atoms with Gasteiger partial charge in [-0.2, -0.15) is 13.2 Å². The van der Waals surface area contributed by atoms with Crippen LogP contribution in [0.15, 0.2) is 54.7 Å². The van der Waals surface area contributed by atoms with E-state index in [1.807, 2.05) is 31.2 Å². The monoisotopic (exact) mass is 302 g/mol. The molecule has 1 N–H and O–H groups in total. The molecule has 0 saturated carbocycles. The summed E-state index contributed by atoms with van der Waals surface area (Å²) in [6.07, 6.45) is -3.04. The second kappa shape index (κ2) is 5.33. The average molecular weight is 302 g/mol. The number of fused-ring (bicyclic) bond motifs is 1. The third kappa shape index (κ3) is 2.62. The van der Waals surface area contributed by atoms with Crippen LogP contribution in [0.25, 0.3) is 10.9 Å². The highest BCUT2D eigenvalue weighted by Gasteiger charge is 2.33. The van der Waals surface area contributed by atoms with Gasteiger partial charge in [0.25, 0.3) is 0 Å². The van der Waals surface area contributed by atoms with E-state index in [0.717, 1.165) is 17.3 Å². The molecule has 0 atom stereocenters. The summed E-state index contributed by atoms with van der Waals surface area (Å²) >= 11 is 0. The van der Waals surface area contributed by atoms with Gasteiger partial charge in [0.15, 0.2) is 0 Å². The molecule has 3 aromatic rings. The molecule has 1 aromatic heterocycles. The molecule has 0 fully saturated rings. The molecule has 0 saturated heterocycles. The molecule has 0 unspecified atom stereocenters. The average Bonchev–Trinajstić information content (AvgIpc) is 2.48. The Labute approximate surface area is 125 Å². The Morgan fingerprint density at radius 1 is 0.909 bits per heavy atom. The number of nitrogens with one attached hydrogen (secondary N) is 1. The first-order chi connectivity index (χ1) is 10.5. The van der Waals surface area contributed by atoms with Crippen molar-refractivity contribution in [2.45, 2.75) is 13.1 Å². The molecule has 0 spiro atoms. The number of alkyl halides is 3. The number of anilines is 2. The van der Waals surface area contributed by atoms with Crippen molar-refractivity contribution in [2.75, 3.05) is 5.32 Å². The van der Waals surface area contributed by atoms with Crippen LogP contribution in [0.3, 0.4) is 0 Å². The Balaban J connectivity index is 2.14. The summed E-state index contributed by atoms with van der Waals surface area (Å²) in [7, 11) is 0. The third-order valence-corrected chi connectivity index (χ3v) is 3.49. The van der Waals surface area contributed by atoms with Crippen LogP contribution < -0.4 is 5.32 Å². The quantitative estimate of drug-likeness (QED) is 0.694. The van der Waals surface area contributed by atoms with Crippen LogP contribution in [-0.2, 0) is 6.18 Å². The molecular weight excluding hydrogens is 289 g/mol. The van der Waals surface area contributed by atoms with Gasteiger partial charge in [-0.15, -0.1) is 0 Å². The molecule has 112 valence electrons. The molecule has 0 aliphatic rings. The van der Waals surface area contributed by atoms with Crippen LogP contribution >= 0.6 is 0 Å². The highest BCUT2D eigenvalue weighted by atomic mass is 19.4. The fourth-order valence-electron chi connectivity index (χ4n) is 2.37. The number of benzene rings is 2. The molecule has 2 aromatic carbocycles. The summed E-state index contributed by atoms with van der Waals surface area (Å²) in [6.45, 7) is 1.94. The van der Waals surface area contributed by atoms with Crippen LogP contribution in [0.5, 0.6) is 0 Å². The van der Waals surface area contributed by atoms with E-state index >= 15 is 0 Å².